The molecular formula is C27H22BrN3O7. The molecule has 4 rings (SSSR count). The van der Waals surface area contributed by atoms with Gasteiger partial charge in [0.05, 0.1) is 24.4 Å². The molecule has 1 fully saturated rings. The minimum Gasteiger partial charge on any atom is -0.497 e. The lowest BCUT2D eigenvalue weighted by atomic mass is 10.1. The Kier molecular flexibility index (Phi) is 8.07. The summed E-state index contributed by atoms with van der Waals surface area (Å²) in [6.07, 6.45) is 1.37. The van der Waals surface area contributed by atoms with Gasteiger partial charge in [0, 0.05) is 5.69 Å². The molecule has 0 spiro atoms. The largest absolute Gasteiger partial charge is 0.497 e. The van der Waals surface area contributed by atoms with Crippen LogP contribution in [0.25, 0.3) is 6.08 Å². The molecule has 3 aromatic carbocycles. The van der Waals surface area contributed by atoms with E-state index in [-0.39, 0.29) is 23.8 Å². The molecule has 0 atom stereocenters. The van der Waals surface area contributed by atoms with E-state index < -0.39 is 17.8 Å². The Balaban J connectivity index is 1.45. The minimum atomic E-state index is -0.847. The van der Waals surface area contributed by atoms with Crippen molar-refractivity contribution in [1.29, 1.82) is 0 Å². The highest BCUT2D eigenvalue weighted by Gasteiger charge is 2.36. The quantitative estimate of drug-likeness (QED) is 0.303. The van der Waals surface area contributed by atoms with Gasteiger partial charge in [-0.05, 0) is 88.2 Å². The van der Waals surface area contributed by atoms with Gasteiger partial charge in [-0.3, -0.25) is 19.7 Å². The number of nitrogens with zero attached hydrogens (tertiary/aromatic N) is 1. The van der Waals surface area contributed by atoms with E-state index in [1.165, 1.54) is 25.3 Å². The van der Waals surface area contributed by atoms with E-state index in [0.717, 1.165) is 4.90 Å². The molecule has 0 unspecified atom stereocenters. The summed E-state index contributed by atoms with van der Waals surface area (Å²) in [5, 5.41) is 4.90. The predicted octanol–water partition coefficient (Wildman–Crippen LogP) is 4.15. The predicted molar refractivity (Wildman–Crippen MR) is 143 cm³/mol. The lowest BCUT2D eigenvalue weighted by Crippen LogP contribution is -2.54. The van der Waals surface area contributed by atoms with Crippen molar-refractivity contribution in [2.75, 3.05) is 31.0 Å². The van der Waals surface area contributed by atoms with Crippen LogP contribution in [0.1, 0.15) is 5.56 Å². The monoisotopic (exact) mass is 579 g/mol. The third-order valence-electron chi connectivity index (χ3n) is 5.43. The number of carbonyl (C=O) groups excluding carboxylic acids is 4. The van der Waals surface area contributed by atoms with Crippen LogP contribution in [0.5, 0.6) is 17.2 Å². The molecule has 1 saturated heterocycles. The first kappa shape index (κ1) is 26.4. The van der Waals surface area contributed by atoms with Gasteiger partial charge >= 0.3 is 6.03 Å². The molecule has 0 radical (unpaired) electrons. The van der Waals surface area contributed by atoms with Crippen molar-refractivity contribution in [1.82, 2.24) is 5.32 Å². The van der Waals surface area contributed by atoms with E-state index in [1.54, 1.807) is 61.7 Å². The first-order valence-electron chi connectivity index (χ1n) is 11.2. The normalized spacial score (nSPS) is 14.2. The summed E-state index contributed by atoms with van der Waals surface area (Å²) in [6.45, 7) is -0.245. The zero-order valence-corrected chi connectivity index (χ0v) is 21.9. The standard InChI is InChI=1S/C27H22BrN3O7/c1-36-19-8-4-17(5-9-19)29-24(32)15-38-23-12-3-16(14-22(23)28)13-21-25(33)30-27(35)31(26(21)34)18-6-10-20(37-2)11-7-18/h3-14H,15H2,1-2H3,(H,29,32)(H,30,33,35)/b21-13+. The van der Waals surface area contributed by atoms with Crippen LogP contribution in [0, 0.1) is 0 Å². The lowest BCUT2D eigenvalue weighted by molar-refractivity contribution is -0.122. The number of rotatable bonds is 8. The Hall–Kier alpha value is -4.64. The number of nitrogens with one attached hydrogen (secondary N) is 2. The Morgan fingerprint density at radius 1 is 0.947 bits per heavy atom. The summed E-state index contributed by atoms with van der Waals surface area (Å²) in [7, 11) is 3.06. The number of urea groups is 1. The summed E-state index contributed by atoms with van der Waals surface area (Å²) in [5.74, 6) is -0.332. The summed E-state index contributed by atoms with van der Waals surface area (Å²) < 4.78 is 16.3. The maximum Gasteiger partial charge on any atom is 0.335 e. The molecule has 11 heteroatoms. The van der Waals surface area contributed by atoms with Crippen molar-refractivity contribution in [3.8, 4) is 17.2 Å². The second-order valence-corrected chi connectivity index (χ2v) is 8.77. The van der Waals surface area contributed by atoms with Gasteiger partial charge in [-0.1, -0.05) is 6.07 Å². The van der Waals surface area contributed by atoms with Crippen LogP contribution < -0.4 is 29.7 Å². The average Bonchev–Trinajstić information content (AvgIpc) is 2.91. The number of benzene rings is 3. The van der Waals surface area contributed by atoms with Crippen LogP contribution in [-0.4, -0.2) is 44.6 Å². The van der Waals surface area contributed by atoms with Gasteiger partial charge in [0.15, 0.2) is 6.61 Å². The van der Waals surface area contributed by atoms with E-state index in [9.17, 15) is 19.2 Å². The third kappa shape index (κ3) is 6.01. The second kappa shape index (κ2) is 11.6. The Morgan fingerprint density at radius 2 is 1.58 bits per heavy atom. The molecule has 0 saturated carbocycles. The molecule has 0 aromatic heterocycles. The fourth-order valence-electron chi connectivity index (χ4n) is 3.53. The number of anilines is 2. The molecule has 10 nitrogen and oxygen atoms in total. The second-order valence-electron chi connectivity index (χ2n) is 7.91. The summed E-state index contributed by atoms with van der Waals surface area (Å²) in [4.78, 5) is 51.1. The van der Waals surface area contributed by atoms with Crippen LogP contribution in [0.4, 0.5) is 16.2 Å². The summed E-state index contributed by atoms with van der Waals surface area (Å²) in [5.41, 5.74) is 1.15. The number of hydrogen-bond acceptors (Lipinski definition) is 7. The van der Waals surface area contributed by atoms with E-state index in [1.807, 2.05) is 0 Å². The molecule has 1 heterocycles. The number of hydrogen-bond donors (Lipinski definition) is 2. The van der Waals surface area contributed by atoms with Gasteiger partial charge in [-0.2, -0.15) is 0 Å². The number of methoxy groups -OCH3 is 2. The topological polar surface area (TPSA) is 123 Å². The van der Waals surface area contributed by atoms with Crippen molar-refractivity contribution in [2.24, 2.45) is 0 Å². The van der Waals surface area contributed by atoms with Gasteiger partial charge < -0.3 is 19.5 Å². The van der Waals surface area contributed by atoms with Crippen LogP contribution in [-0.2, 0) is 14.4 Å². The Morgan fingerprint density at radius 3 is 2.18 bits per heavy atom. The third-order valence-corrected chi connectivity index (χ3v) is 6.05. The van der Waals surface area contributed by atoms with E-state index in [4.69, 9.17) is 14.2 Å². The minimum absolute atomic E-state index is 0.222. The molecule has 0 aliphatic carbocycles. The molecule has 38 heavy (non-hydrogen) atoms. The number of amides is 5. The fourth-order valence-corrected chi connectivity index (χ4v) is 4.04. The highest BCUT2D eigenvalue weighted by Crippen LogP contribution is 2.29. The Labute approximate surface area is 226 Å². The van der Waals surface area contributed by atoms with Gasteiger partial charge in [-0.15, -0.1) is 0 Å². The maximum absolute atomic E-state index is 13.1. The number of halogens is 1. The highest BCUT2D eigenvalue weighted by atomic mass is 79.9. The highest BCUT2D eigenvalue weighted by molar-refractivity contribution is 9.10. The van der Waals surface area contributed by atoms with Crippen molar-refractivity contribution in [3.05, 3.63) is 82.3 Å². The molecule has 2 N–H and O–H groups in total. The first-order valence-corrected chi connectivity index (χ1v) is 12.0. The van der Waals surface area contributed by atoms with E-state index in [0.29, 0.717) is 33.0 Å². The number of carbonyl (C=O) groups is 4. The number of imide groups is 2. The molecule has 3 aromatic rings. The zero-order chi connectivity index (χ0) is 27.2. The van der Waals surface area contributed by atoms with Crippen molar-refractivity contribution >= 4 is 57.1 Å². The Bertz CT molecular complexity index is 1420. The van der Waals surface area contributed by atoms with Crippen molar-refractivity contribution in [2.45, 2.75) is 0 Å². The van der Waals surface area contributed by atoms with Crippen LogP contribution in [0.15, 0.2) is 76.8 Å². The molecule has 1 aliphatic rings. The van der Waals surface area contributed by atoms with Gasteiger partial charge in [-0.25, -0.2) is 9.69 Å². The zero-order valence-electron chi connectivity index (χ0n) is 20.3. The molecule has 194 valence electrons. The fraction of sp³-hybridized carbons (Fsp3) is 0.111. The van der Waals surface area contributed by atoms with Crippen LogP contribution in [0.2, 0.25) is 0 Å². The number of ether oxygens (including phenoxy) is 3. The molecule has 5 amide bonds. The lowest BCUT2D eigenvalue weighted by Gasteiger charge is -2.26. The van der Waals surface area contributed by atoms with Crippen LogP contribution in [0.3, 0.4) is 0 Å². The van der Waals surface area contributed by atoms with Gasteiger partial charge in [0.25, 0.3) is 17.7 Å². The van der Waals surface area contributed by atoms with Crippen molar-refractivity contribution < 1.29 is 33.4 Å². The summed E-state index contributed by atoms with van der Waals surface area (Å²) >= 11 is 3.39. The van der Waals surface area contributed by atoms with Crippen molar-refractivity contribution in [3.63, 3.8) is 0 Å². The van der Waals surface area contributed by atoms with E-state index in [2.05, 4.69) is 26.6 Å². The van der Waals surface area contributed by atoms with Gasteiger partial charge in [0.1, 0.15) is 22.8 Å². The molecule has 0 bridgehead atoms. The number of barbiturate groups is 1. The SMILES string of the molecule is COc1ccc(NC(=O)COc2ccc(/C=C3\C(=O)NC(=O)N(c4ccc(OC)cc4)C3=O)cc2Br)cc1. The van der Waals surface area contributed by atoms with Crippen LogP contribution >= 0.6 is 15.9 Å². The molecular weight excluding hydrogens is 558 g/mol. The smallest absolute Gasteiger partial charge is 0.335 e. The first-order chi connectivity index (χ1) is 18.3. The molecule has 1 aliphatic heterocycles. The summed E-state index contributed by atoms with van der Waals surface area (Å²) in [6, 6.07) is 17.1. The average molecular weight is 580 g/mol. The van der Waals surface area contributed by atoms with Gasteiger partial charge in [0.2, 0.25) is 0 Å². The van der Waals surface area contributed by atoms with E-state index >= 15 is 0 Å². The maximum atomic E-state index is 13.1.